The average Bonchev–Trinajstić information content (AvgIpc) is 2.08. The lowest BCUT2D eigenvalue weighted by Gasteiger charge is -2.30. The Kier molecular flexibility index (Phi) is 7.06. The number of rotatable bonds is 5. The van der Waals surface area contributed by atoms with Crippen molar-refractivity contribution in [1.82, 2.24) is 0 Å². The van der Waals surface area contributed by atoms with Gasteiger partial charge in [0.05, 0.1) is 0 Å². The maximum Gasteiger partial charge on any atom is -0.0182 e. The zero-order valence-corrected chi connectivity index (χ0v) is 14.5. The summed E-state index contributed by atoms with van der Waals surface area (Å²) in [5.41, 5.74) is 0. The first kappa shape index (κ1) is 16.9. The van der Waals surface area contributed by atoms with Crippen LogP contribution in [0.2, 0.25) is 0 Å². The van der Waals surface area contributed by atoms with Gasteiger partial charge in [-0.05, 0) is 48.8 Å². The van der Waals surface area contributed by atoms with Crippen molar-refractivity contribution in [3.8, 4) is 0 Å². The molecule has 0 fully saturated rings. The summed E-state index contributed by atoms with van der Waals surface area (Å²) >= 11 is 0. The molecule has 0 aliphatic rings. The van der Waals surface area contributed by atoms with Crippen LogP contribution in [0.3, 0.4) is 0 Å². The molecule has 2 unspecified atom stereocenters. The number of hydrogen-bond acceptors (Lipinski definition) is 0. The van der Waals surface area contributed by atoms with Gasteiger partial charge in [-0.3, -0.25) is 0 Å². The summed E-state index contributed by atoms with van der Waals surface area (Å²) in [6.45, 7) is 19.3. The maximum atomic E-state index is 2.47. The molecule has 0 amide bonds. The number of hydrogen-bond donors (Lipinski definition) is 0. The van der Waals surface area contributed by atoms with Crippen LogP contribution in [0.4, 0.5) is 0 Å². The molecule has 0 radical (unpaired) electrons. The minimum Gasteiger partial charge on any atom is -0.104 e. The lowest BCUT2D eigenvalue weighted by molar-refractivity contribution is 0.764. The van der Waals surface area contributed by atoms with E-state index in [2.05, 4.69) is 54.9 Å². The van der Waals surface area contributed by atoms with Crippen molar-refractivity contribution in [1.29, 1.82) is 0 Å². The Morgan fingerprint density at radius 2 is 0.875 bits per heavy atom. The SMILES string of the molecule is CP(CCCCP(C)C(C)(C)C)C(C)(C)C. The minimum atomic E-state index is 0.227. The normalized spacial score (nSPS) is 17.2. The lowest BCUT2D eigenvalue weighted by Crippen LogP contribution is -2.14. The Morgan fingerprint density at radius 1 is 0.625 bits per heavy atom. The lowest BCUT2D eigenvalue weighted by atomic mass is 10.3. The Morgan fingerprint density at radius 3 is 1.06 bits per heavy atom. The van der Waals surface area contributed by atoms with E-state index in [0.717, 1.165) is 0 Å². The van der Waals surface area contributed by atoms with E-state index in [9.17, 15) is 0 Å². The molecule has 0 rings (SSSR count). The van der Waals surface area contributed by atoms with Crippen LogP contribution in [-0.4, -0.2) is 36.0 Å². The van der Waals surface area contributed by atoms with E-state index in [1.165, 1.54) is 25.2 Å². The van der Waals surface area contributed by atoms with Gasteiger partial charge in [0.2, 0.25) is 0 Å². The van der Waals surface area contributed by atoms with E-state index in [4.69, 9.17) is 0 Å². The molecule has 0 spiro atoms. The summed E-state index contributed by atoms with van der Waals surface area (Å²) in [6.07, 6.45) is 5.82. The highest BCUT2D eigenvalue weighted by Gasteiger charge is 2.20. The molecule has 0 N–H and O–H groups in total. The van der Waals surface area contributed by atoms with Gasteiger partial charge in [0.25, 0.3) is 0 Å². The van der Waals surface area contributed by atoms with Crippen LogP contribution in [0.25, 0.3) is 0 Å². The van der Waals surface area contributed by atoms with Gasteiger partial charge in [0.15, 0.2) is 0 Å². The second-order valence-electron chi connectivity index (χ2n) is 6.89. The van der Waals surface area contributed by atoms with E-state index in [0.29, 0.717) is 10.3 Å². The van der Waals surface area contributed by atoms with Crippen molar-refractivity contribution in [2.75, 3.05) is 25.7 Å². The molecule has 16 heavy (non-hydrogen) atoms. The first-order valence-electron chi connectivity index (χ1n) is 6.47. The third kappa shape index (κ3) is 7.24. The average molecular weight is 262 g/mol. The van der Waals surface area contributed by atoms with E-state index in [-0.39, 0.29) is 15.8 Å². The number of unbranched alkanes of at least 4 members (excludes halogenated alkanes) is 1. The minimum absolute atomic E-state index is 0.227. The maximum absolute atomic E-state index is 2.47. The van der Waals surface area contributed by atoms with Crippen molar-refractivity contribution in [2.24, 2.45) is 0 Å². The molecule has 0 heterocycles. The molecule has 0 aliphatic carbocycles. The molecule has 0 bridgehead atoms. The highest BCUT2D eigenvalue weighted by atomic mass is 31.1. The third-order valence-electron chi connectivity index (χ3n) is 3.53. The van der Waals surface area contributed by atoms with Crippen molar-refractivity contribution in [3.05, 3.63) is 0 Å². The van der Waals surface area contributed by atoms with Crippen LogP contribution in [0.5, 0.6) is 0 Å². The Labute approximate surface area is 106 Å². The van der Waals surface area contributed by atoms with Crippen molar-refractivity contribution in [2.45, 2.75) is 64.7 Å². The first-order valence-corrected chi connectivity index (χ1v) is 10.4. The quantitative estimate of drug-likeness (QED) is 0.447. The fraction of sp³-hybridized carbons (Fsp3) is 1.00. The molecular formula is C14H32P2. The topological polar surface area (TPSA) is 0 Å². The second-order valence-corrected chi connectivity index (χ2v) is 13.3. The first-order chi connectivity index (χ1) is 7.05. The Bertz CT molecular complexity index is 164. The van der Waals surface area contributed by atoms with Crippen LogP contribution < -0.4 is 0 Å². The van der Waals surface area contributed by atoms with Crippen LogP contribution >= 0.6 is 15.8 Å². The summed E-state index contributed by atoms with van der Waals surface area (Å²) in [5, 5.41) is 1.10. The van der Waals surface area contributed by atoms with E-state index in [1.54, 1.807) is 0 Å². The van der Waals surface area contributed by atoms with Crippen LogP contribution in [-0.2, 0) is 0 Å². The zero-order valence-electron chi connectivity index (χ0n) is 12.7. The van der Waals surface area contributed by atoms with Gasteiger partial charge in [0.1, 0.15) is 0 Å². The van der Waals surface area contributed by atoms with Gasteiger partial charge in [-0.1, -0.05) is 41.5 Å². The fourth-order valence-corrected chi connectivity index (χ4v) is 4.11. The highest BCUT2D eigenvalue weighted by molar-refractivity contribution is 7.58. The molecule has 0 saturated heterocycles. The molecule has 0 saturated carbocycles. The monoisotopic (exact) mass is 262 g/mol. The standard InChI is InChI=1S/C14H32P2/c1-13(2,3)15(7)11-9-10-12-16(8)14(4,5)6/h9-12H2,1-8H3. The van der Waals surface area contributed by atoms with Gasteiger partial charge in [-0.2, -0.15) is 0 Å². The molecule has 0 aromatic rings. The summed E-state index contributed by atoms with van der Waals surface area (Å²) in [7, 11) is 0.453. The molecule has 98 valence electrons. The molecule has 0 nitrogen and oxygen atoms in total. The van der Waals surface area contributed by atoms with E-state index >= 15 is 0 Å². The van der Waals surface area contributed by atoms with Gasteiger partial charge in [-0.15, -0.1) is 15.8 Å². The van der Waals surface area contributed by atoms with Gasteiger partial charge in [0, 0.05) is 0 Å². The second kappa shape index (κ2) is 6.70. The van der Waals surface area contributed by atoms with E-state index in [1.807, 2.05) is 0 Å². The molecule has 2 atom stereocenters. The summed E-state index contributed by atoms with van der Waals surface area (Å²) in [4.78, 5) is 0. The fourth-order valence-electron chi connectivity index (χ4n) is 1.37. The third-order valence-corrected chi connectivity index (χ3v) is 10.1. The van der Waals surface area contributed by atoms with Crippen LogP contribution in [0, 0.1) is 0 Å². The van der Waals surface area contributed by atoms with Crippen molar-refractivity contribution < 1.29 is 0 Å². The predicted molar refractivity (Wildman–Crippen MR) is 84.2 cm³/mol. The zero-order chi connectivity index (χ0) is 13.0. The predicted octanol–water partition coefficient (Wildman–Crippen LogP) is 5.59. The van der Waals surface area contributed by atoms with Crippen LogP contribution in [0.1, 0.15) is 54.4 Å². The van der Waals surface area contributed by atoms with Gasteiger partial charge < -0.3 is 0 Å². The Balaban J connectivity index is 3.70. The largest absolute Gasteiger partial charge is 0.104 e. The molecule has 0 aromatic carbocycles. The Hall–Kier alpha value is 0.860. The molecular weight excluding hydrogens is 230 g/mol. The summed E-state index contributed by atoms with van der Waals surface area (Å²) < 4.78 is 0. The molecule has 0 aromatic heterocycles. The molecule has 2 heteroatoms. The summed E-state index contributed by atoms with van der Waals surface area (Å²) in [6, 6.07) is 0. The highest BCUT2D eigenvalue weighted by Crippen LogP contribution is 2.48. The van der Waals surface area contributed by atoms with E-state index < -0.39 is 0 Å². The summed E-state index contributed by atoms with van der Waals surface area (Å²) in [5.74, 6) is 0. The van der Waals surface area contributed by atoms with Crippen LogP contribution in [0.15, 0.2) is 0 Å². The molecule has 0 aliphatic heterocycles. The van der Waals surface area contributed by atoms with Gasteiger partial charge in [-0.25, -0.2) is 0 Å². The van der Waals surface area contributed by atoms with Crippen molar-refractivity contribution >= 4 is 15.8 Å². The van der Waals surface area contributed by atoms with Crippen molar-refractivity contribution in [3.63, 3.8) is 0 Å². The van der Waals surface area contributed by atoms with Gasteiger partial charge >= 0.3 is 0 Å². The smallest absolute Gasteiger partial charge is 0.0182 e.